The van der Waals surface area contributed by atoms with Crippen LogP contribution in [0.15, 0.2) is 48.5 Å². The van der Waals surface area contributed by atoms with E-state index in [1.54, 1.807) is 36.0 Å². The van der Waals surface area contributed by atoms with Crippen molar-refractivity contribution < 1.29 is 29.6 Å². The Bertz CT molecular complexity index is 1090. The van der Waals surface area contributed by atoms with E-state index in [0.29, 0.717) is 23.5 Å². The highest BCUT2D eigenvalue weighted by Gasteiger charge is 2.29. The maximum atomic E-state index is 12.5. The van der Waals surface area contributed by atoms with Gasteiger partial charge in [-0.3, -0.25) is 9.59 Å². The van der Waals surface area contributed by atoms with E-state index >= 15 is 0 Å². The van der Waals surface area contributed by atoms with E-state index in [1.165, 1.54) is 79.1 Å². The van der Waals surface area contributed by atoms with Gasteiger partial charge in [-0.05, 0) is 50.8 Å². The molecule has 0 saturated heterocycles. The highest BCUT2D eigenvalue weighted by atomic mass is 32.2. The fourth-order valence-corrected chi connectivity index (χ4v) is 6.11. The van der Waals surface area contributed by atoms with Gasteiger partial charge in [-0.15, -0.1) is 11.8 Å². The monoisotopic (exact) mass is 614 g/mol. The fourth-order valence-electron chi connectivity index (χ4n) is 4.90. The molecule has 240 valence electrons. The van der Waals surface area contributed by atoms with Crippen LogP contribution in [0.5, 0.6) is 0 Å². The van der Waals surface area contributed by atoms with Gasteiger partial charge in [-0.2, -0.15) is 0 Å². The number of carbonyl (C=O) groups is 2. The largest absolute Gasteiger partial charge is 0.390 e. The molecule has 3 unspecified atom stereocenters. The predicted octanol–water partition coefficient (Wildman–Crippen LogP) is 7.56. The Labute approximate surface area is 263 Å². The second-order valence-corrected chi connectivity index (χ2v) is 13.5. The van der Waals surface area contributed by atoms with Crippen LogP contribution in [0, 0.1) is 0 Å². The molecule has 0 heterocycles. The number of carbonyl (C=O) groups excluding carboxylic acids is 2. The van der Waals surface area contributed by atoms with Gasteiger partial charge >= 0.3 is 0 Å². The molecule has 0 bridgehead atoms. The summed E-state index contributed by atoms with van der Waals surface area (Å²) in [4.78, 5) is 24.5. The van der Waals surface area contributed by atoms with E-state index < -0.39 is 17.3 Å². The quantitative estimate of drug-likeness (QED) is 0.0929. The summed E-state index contributed by atoms with van der Waals surface area (Å²) in [6.07, 6.45) is 12.1. The Balaban J connectivity index is 1.94. The zero-order valence-corrected chi connectivity index (χ0v) is 27.8. The molecule has 0 saturated carbocycles. The van der Waals surface area contributed by atoms with Crippen molar-refractivity contribution in [1.82, 2.24) is 0 Å². The van der Waals surface area contributed by atoms with Crippen LogP contribution in [0.3, 0.4) is 0 Å². The van der Waals surface area contributed by atoms with E-state index in [-0.39, 0.29) is 23.4 Å². The highest BCUT2D eigenvalue weighted by molar-refractivity contribution is 7.99. The van der Waals surface area contributed by atoms with E-state index in [1.807, 2.05) is 24.3 Å². The van der Waals surface area contributed by atoms with Gasteiger partial charge in [-0.25, -0.2) is 0 Å². The van der Waals surface area contributed by atoms with Crippen molar-refractivity contribution in [1.29, 1.82) is 0 Å². The first kappa shape index (κ1) is 37.2. The van der Waals surface area contributed by atoms with Crippen LogP contribution in [0.25, 0.3) is 0 Å². The third-order valence-corrected chi connectivity index (χ3v) is 9.36. The van der Waals surface area contributed by atoms with Crippen LogP contribution < -0.4 is 0 Å². The molecule has 7 heteroatoms. The maximum absolute atomic E-state index is 12.5. The summed E-state index contributed by atoms with van der Waals surface area (Å²) in [6, 6.07) is 14.4. The van der Waals surface area contributed by atoms with Gasteiger partial charge in [-0.1, -0.05) is 113 Å². The summed E-state index contributed by atoms with van der Waals surface area (Å²) in [5.74, 6) is -0.242. The zero-order valence-electron chi connectivity index (χ0n) is 26.9. The molecule has 3 N–H and O–H groups in total. The minimum atomic E-state index is -1.57. The van der Waals surface area contributed by atoms with Crippen molar-refractivity contribution in [2.75, 3.05) is 19.0 Å². The van der Waals surface area contributed by atoms with Crippen molar-refractivity contribution in [2.45, 2.75) is 121 Å². The number of benzene rings is 2. The number of Topliss-reactive ketones (excluding diaryl/α,β-unsaturated/α-hetero) is 2. The lowest BCUT2D eigenvalue weighted by Gasteiger charge is -2.23. The van der Waals surface area contributed by atoms with Gasteiger partial charge in [0.05, 0.1) is 18.0 Å². The molecular formula is C36H54O6S. The molecule has 0 aliphatic carbocycles. The number of ketones is 2. The Kier molecular flexibility index (Phi) is 16.2. The molecule has 2 rings (SSSR count). The van der Waals surface area contributed by atoms with Crippen LogP contribution in [0.4, 0.5) is 0 Å². The molecule has 0 spiro atoms. The molecule has 43 heavy (non-hydrogen) atoms. The smallest absolute Gasteiger partial charge is 0.193 e. The van der Waals surface area contributed by atoms with Crippen LogP contribution in [-0.4, -0.2) is 57.6 Å². The van der Waals surface area contributed by atoms with E-state index in [0.717, 1.165) is 24.0 Å². The standard InChI is InChI=1S/C36H54O6S/c1-6-7-8-9-10-11-12-13-14-15-24-42-25-32(38)26-43-33(28-16-18-30(19-17-28)34(39)35(3,4)40)29-20-22-31(23-21-29)36(5,41)27(2)37/h16-23,32-33,38,40-41H,6-15,24-26H2,1-5H3. The van der Waals surface area contributed by atoms with E-state index in [9.17, 15) is 24.9 Å². The zero-order chi connectivity index (χ0) is 31.9. The molecule has 2 aromatic rings. The fraction of sp³-hybridized carbons (Fsp3) is 0.611. The molecule has 0 aliphatic rings. The normalized spacial score (nSPS) is 14.7. The van der Waals surface area contributed by atoms with Crippen LogP contribution >= 0.6 is 11.8 Å². The predicted molar refractivity (Wildman–Crippen MR) is 177 cm³/mol. The van der Waals surface area contributed by atoms with E-state index in [4.69, 9.17) is 4.74 Å². The van der Waals surface area contributed by atoms with Gasteiger partial charge in [0.2, 0.25) is 0 Å². The van der Waals surface area contributed by atoms with Gasteiger partial charge in [0, 0.05) is 17.9 Å². The van der Waals surface area contributed by atoms with E-state index in [2.05, 4.69) is 6.92 Å². The molecule has 6 nitrogen and oxygen atoms in total. The van der Waals surface area contributed by atoms with Gasteiger partial charge < -0.3 is 20.1 Å². The molecule has 0 radical (unpaired) electrons. The van der Waals surface area contributed by atoms with Crippen LogP contribution in [-0.2, 0) is 15.1 Å². The second-order valence-electron chi connectivity index (χ2n) is 12.4. The van der Waals surface area contributed by atoms with Gasteiger partial charge in [0.1, 0.15) is 11.2 Å². The van der Waals surface area contributed by atoms with Crippen molar-refractivity contribution in [2.24, 2.45) is 0 Å². The number of aliphatic hydroxyl groups is 3. The Morgan fingerprint density at radius 1 is 0.791 bits per heavy atom. The van der Waals surface area contributed by atoms with Gasteiger partial charge in [0.25, 0.3) is 0 Å². The highest BCUT2D eigenvalue weighted by Crippen LogP contribution is 2.37. The first-order valence-electron chi connectivity index (χ1n) is 16.0. The molecule has 2 aromatic carbocycles. The number of ether oxygens (including phenoxy) is 1. The molecule has 0 aliphatic heterocycles. The van der Waals surface area contributed by atoms with Crippen molar-refractivity contribution in [3.8, 4) is 0 Å². The number of hydrogen-bond donors (Lipinski definition) is 3. The summed E-state index contributed by atoms with van der Waals surface area (Å²) < 4.78 is 5.78. The maximum Gasteiger partial charge on any atom is 0.193 e. The number of hydrogen-bond acceptors (Lipinski definition) is 7. The summed E-state index contributed by atoms with van der Waals surface area (Å²) in [5, 5.41) is 31.2. The Morgan fingerprint density at radius 2 is 1.28 bits per heavy atom. The van der Waals surface area contributed by atoms with Crippen LogP contribution in [0.2, 0.25) is 0 Å². The number of thioether (sulfide) groups is 1. The number of rotatable bonds is 22. The average molecular weight is 615 g/mol. The summed E-state index contributed by atoms with van der Waals surface area (Å²) in [6.45, 7) is 8.96. The molecular weight excluding hydrogens is 560 g/mol. The number of unbranched alkanes of at least 4 members (excludes halogenated alkanes) is 9. The van der Waals surface area contributed by atoms with Crippen molar-refractivity contribution >= 4 is 23.3 Å². The third-order valence-electron chi connectivity index (χ3n) is 7.90. The lowest BCUT2D eigenvalue weighted by atomic mass is 9.90. The minimum absolute atomic E-state index is 0.167. The van der Waals surface area contributed by atoms with Crippen molar-refractivity contribution in [3.05, 3.63) is 70.8 Å². The molecule has 0 aromatic heterocycles. The topological polar surface area (TPSA) is 104 Å². The SMILES string of the molecule is CCCCCCCCCCCCOCC(O)CSC(c1ccc(C(=O)C(C)(C)O)cc1)c1ccc(C(C)(O)C(C)=O)cc1. The number of aliphatic hydroxyl groups excluding tert-OH is 1. The molecule has 0 fully saturated rings. The lowest BCUT2D eigenvalue weighted by molar-refractivity contribution is -0.134. The Morgan fingerprint density at radius 3 is 1.77 bits per heavy atom. The average Bonchev–Trinajstić information content (AvgIpc) is 2.97. The lowest BCUT2D eigenvalue weighted by Crippen LogP contribution is -2.31. The summed E-state index contributed by atoms with van der Waals surface area (Å²) in [7, 11) is 0. The summed E-state index contributed by atoms with van der Waals surface area (Å²) in [5.41, 5.74) is -0.221. The third kappa shape index (κ3) is 12.8. The molecule has 0 amide bonds. The minimum Gasteiger partial charge on any atom is -0.390 e. The second kappa shape index (κ2) is 18.7. The van der Waals surface area contributed by atoms with Gasteiger partial charge in [0.15, 0.2) is 11.6 Å². The van der Waals surface area contributed by atoms with Crippen molar-refractivity contribution in [3.63, 3.8) is 0 Å². The summed E-state index contributed by atoms with van der Waals surface area (Å²) >= 11 is 1.57. The Hall–Kier alpha value is -2.03. The van der Waals surface area contributed by atoms with Crippen LogP contribution in [0.1, 0.15) is 131 Å². The first-order chi connectivity index (χ1) is 20.4. The first-order valence-corrected chi connectivity index (χ1v) is 17.0. The molecule has 3 atom stereocenters.